The van der Waals surface area contributed by atoms with Crippen molar-refractivity contribution in [2.75, 3.05) is 0 Å². The minimum Gasteiger partial charge on any atom is -0.350 e. The number of imide groups is 1. The van der Waals surface area contributed by atoms with Gasteiger partial charge in [0.1, 0.15) is 0 Å². The second-order valence-electron chi connectivity index (χ2n) is 10.3. The second-order valence-corrected chi connectivity index (χ2v) is 10.3. The molecule has 0 saturated heterocycles. The van der Waals surface area contributed by atoms with Crippen LogP contribution in [0.1, 0.15) is 37.1 Å². The average molecular weight is 503 g/mol. The minimum absolute atomic E-state index is 0. The molecule has 4 aromatic rings. The number of hydrogen-bond donors (Lipinski definition) is 2. The van der Waals surface area contributed by atoms with Gasteiger partial charge < -0.3 is 14.9 Å². The average Bonchev–Trinajstić information content (AvgIpc) is 3.46. The van der Waals surface area contributed by atoms with Crippen LogP contribution in [0.3, 0.4) is 0 Å². The molecule has 0 unspecified atom stereocenters. The number of carbonyl (C=O) groups is 2. The van der Waals surface area contributed by atoms with Crippen LogP contribution in [0.4, 0.5) is 0 Å². The zero-order valence-electron chi connectivity index (χ0n) is 20.7. The molecule has 2 amide bonds. The van der Waals surface area contributed by atoms with Gasteiger partial charge in [0.2, 0.25) is 0 Å². The molecule has 2 aliphatic heterocycles. The number of aryl methyl sites for hydroxylation is 2. The number of aromatic nitrogens is 2. The summed E-state index contributed by atoms with van der Waals surface area (Å²) in [5, 5.41) is 4.58. The number of halogens is 1. The Labute approximate surface area is 216 Å². The molecule has 7 heteroatoms. The van der Waals surface area contributed by atoms with Crippen LogP contribution in [-0.4, -0.2) is 27.0 Å². The van der Waals surface area contributed by atoms with Crippen molar-refractivity contribution in [3.8, 4) is 0 Å². The molecule has 0 saturated carbocycles. The molecule has 6 rings (SSSR count). The van der Waals surface area contributed by atoms with Gasteiger partial charge in [-0.3, -0.25) is 14.9 Å². The predicted octanol–water partition coefficient (Wildman–Crippen LogP) is 4.67. The van der Waals surface area contributed by atoms with Gasteiger partial charge in [-0.05, 0) is 36.8 Å². The topological polar surface area (TPSA) is 82.0 Å². The van der Waals surface area contributed by atoms with Crippen molar-refractivity contribution >= 4 is 57.2 Å². The molecule has 186 valence electrons. The highest BCUT2D eigenvalue weighted by atomic mass is 35.5. The fourth-order valence-corrected chi connectivity index (χ4v) is 6.11. The van der Waals surface area contributed by atoms with E-state index in [1.54, 1.807) is 0 Å². The number of hydrogen-bond acceptors (Lipinski definition) is 3. The van der Waals surface area contributed by atoms with Gasteiger partial charge in [0.05, 0.1) is 11.1 Å². The summed E-state index contributed by atoms with van der Waals surface area (Å²) < 4.78 is 4.34. The molecule has 0 aliphatic carbocycles. The fraction of sp³-hybridized carbons (Fsp3) is 0.310. The lowest BCUT2D eigenvalue weighted by molar-refractivity contribution is -0.122. The van der Waals surface area contributed by atoms with Gasteiger partial charge in [-0.1, -0.05) is 50.2 Å². The second kappa shape index (κ2) is 8.95. The van der Waals surface area contributed by atoms with Crippen molar-refractivity contribution in [2.24, 2.45) is 24.6 Å². The maximum Gasteiger partial charge on any atom is 0.259 e. The number of amides is 2. The number of nitrogens with two attached hydrogens (primary N) is 1. The van der Waals surface area contributed by atoms with Gasteiger partial charge in [-0.25, -0.2) is 0 Å². The molecule has 2 aromatic carbocycles. The molecule has 2 aliphatic rings. The summed E-state index contributed by atoms with van der Waals surface area (Å²) in [7, 11) is 1.97. The Bertz CT molecular complexity index is 1560. The summed E-state index contributed by atoms with van der Waals surface area (Å²) in [6.07, 6.45) is 3.75. The van der Waals surface area contributed by atoms with Crippen molar-refractivity contribution in [1.82, 2.24) is 14.5 Å². The first-order valence-electron chi connectivity index (χ1n) is 12.4. The number of nitrogens with one attached hydrogen (secondary N) is 1. The normalized spacial score (nSPS) is 18.6. The highest BCUT2D eigenvalue weighted by molar-refractivity contribution is 6.51. The van der Waals surface area contributed by atoms with Gasteiger partial charge in [0.25, 0.3) is 11.8 Å². The summed E-state index contributed by atoms with van der Waals surface area (Å²) >= 11 is 0. The highest BCUT2D eigenvalue weighted by Crippen LogP contribution is 2.43. The number of nitrogens with zero attached hydrogens (tertiary/aromatic N) is 2. The van der Waals surface area contributed by atoms with Crippen LogP contribution in [0.25, 0.3) is 33.0 Å². The lowest BCUT2D eigenvalue weighted by atomic mass is 9.82. The summed E-state index contributed by atoms with van der Waals surface area (Å²) in [6.45, 7) is 5.19. The van der Waals surface area contributed by atoms with Crippen LogP contribution in [0.2, 0.25) is 0 Å². The lowest BCUT2D eigenvalue weighted by Crippen LogP contribution is -2.39. The Morgan fingerprint density at radius 1 is 0.944 bits per heavy atom. The predicted molar refractivity (Wildman–Crippen MR) is 147 cm³/mol. The zero-order chi connectivity index (χ0) is 24.4. The van der Waals surface area contributed by atoms with Gasteiger partial charge in [0.15, 0.2) is 0 Å². The summed E-state index contributed by atoms with van der Waals surface area (Å²) in [5.41, 5.74) is 12.5. The molecule has 36 heavy (non-hydrogen) atoms. The van der Waals surface area contributed by atoms with Crippen LogP contribution < -0.4 is 11.1 Å². The minimum atomic E-state index is -0.336. The van der Waals surface area contributed by atoms with Crippen LogP contribution in [-0.2, 0) is 29.6 Å². The van der Waals surface area contributed by atoms with Crippen LogP contribution in [0, 0.1) is 11.8 Å². The number of fused-ring (bicyclic) bond motifs is 4. The van der Waals surface area contributed by atoms with E-state index >= 15 is 0 Å². The van der Waals surface area contributed by atoms with Gasteiger partial charge >= 0.3 is 0 Å². The van der Waals surface area contributed by atoms with E-state index in [-0.39, 0.29) is 30.3 Å². The number of carbonyl (C=O) groups excluding carboxylic acids is 2. The van der Waals surface area contributed by atoms with Gasteiger partial charge in [0, 0.05) is 64.5 Å². The molecule has 2 atom stereocenters. The van der Waals surface area contributed by atoms with E-state index in [1.165, 1.54) is 0 Å². The molecule has 0 fully saturated rings. The smallest absolute Gasteiger partial charge is 0.259 e. The lowest BCUT2D eigenvalue weighted by Gasteiger charge is -2.32. The molecular weight excluding hydrogens is 472 g/mol. The Kier molecular flexibility index (Phi) is 6.05. The third kappa shape index (κ3) is 3.51. The Balaban J connectivity index is 0.00000267. The summed E-state index contributed by atoms with van der Waals surface area (Å²) in [4.78, 5) is 26.7. The van der Waals surface area contributed by atoms with Gasteiger partial charge in [-0.2, -0.15) is 0 Å². The molecule has 4 heterocycles. The van der Waals surface area contributed by atoms with E-state index in [9.17, 15) is 9.59 Å². The standard InChI is InChI=1S/C29H30N4O2.ClH/c1-16(2)27(30)17-12-13-33-22-11-7-5-9-19(22)24(23(33)14-17)26-25(28(34)31-29(26)35)20-15-32(3)21-10-6-4-8-18(20)21;/h4-11,15-17,27H,12-14,30H2,1-3H3,(H,31,34,35);1H/t17-,27+;/m0./s1. The van der Waals surface area contributed by atoms with E-state index in [0.29, 0.717) is 23.0 Å². The zero-order valence-corrected chi connectivity index (χ0v) is 21.6. The summed E-state index contributed by atoms with van der Waals surface area (Å²) in [6, 6.07) is 16.3. The molecule has 3 N–H and O–H groups in total. The van der Waals surface area contributed by atoms with Crippen molar-refractivity contribution in [2.45, 2.75) is 39.3 Å². The van der Waals surface area contributed by atoms with Crippen LogP contribution in [0.5, 0.6) is 0 Å². The van der Waals surface area contributed by atoms with Crippen molar-refractivity contribution in [3.63, 3.8) is 0 Å². The molecule has 0 bridgehead atoms. The van der Waals surface area contributed by atoms with E-state index in [4.69, 9.17) is 5.73 Å². The third-order valence-electron chi connectivity index (χ3n) is 7.92. The number of rotatable bonds is 4. The highest BCUT2D eigenvalue weighted by Gasteiger charge is 2.38. The van der Waals surface area contributed by atoms with E-state index in [2.05, 4.69) is 35.9 Å². The fourth-order valence-electron chi connectivity index (χ4n) is 6.11. The SMILES string of the molecule is CC(C)[C@@H](N)[C@H]1CCn2c(c(C3=C(c4cn(C)c5ccccc45)C(=O)NC3=O)c3ccccc32)C1.Cl. The molecular formula is C29H31ClN4O2. The largest absolute Gasteiger partial charge is 0.350 e. The molecule has 0 radical (unpaired) electrons. The molecule has 0 spiro atoms. The number of benzene rings is 2. The third-order valence-corrected chi connectivity index (χ3v) is 7.92. The molecule has 2 aromatic heterocycles. The quantitative estimate of drug-likeness (QED) is 0.398. The Morgan fingerprint density at radius 2 is 1.58 bits per heavy atom. The van der Waals surface area contributed by atoms with E-state index in [1.807, 2.05) is 54.2 Å². The Morgan fingerprint density at radius 3 is 2.31 bits per heavy atom. The number of para-hydroxylation sites is 2. The first-order valence-corrected chi connectivity index (χ1v) is 12.4. The van der Waals surface area contributed by atoms with Crippen molar-refractivity contribution in [1.29, 1.82) is 0 Å². The molecule has 6 nitrogen and oxygen atoms in total. The Hall–Kier alpha value is -3.35. The van der Waals surface area contributed by atoms with Crippen molar-refractivity contribution < 1.29 is 9.59 Å². The van der Waals surface area contributed by atoms with Gasteiger partial charge in [-0.15, -0.1) is 12.4 Å². The maximum absolute atomic E-state index is 13.4. The van der Waals surface area contributed by atoms with Crippen LogP contribution in [0.15, 0.2) is 54.7 Å². The van der Waals surface area contributed by atoms with Crippen molar-refractivity contribution in [3.05, 3.63) is 71.5 Å². The summed E-state index contributed by atoms with van der Waals surface area (Å²) in [5.74, 6) is 0.0394. The van der Waals surface area contributed by atoms with E-state index in [0.717, 1.165) is 58.0 Å². The first kappa shape index (κ1) is 24.3. The maximum atomic E-state index is 13.4. The van der Waals surface area contributed by atoms with E-state index < -0.39 is 0 Å². The monoisotopic (exact) mass is 502 g/mol. The van der Waals surface area contributed by atoms with Crippen LogP contribution >= 0.6 is 12.4 Å². The first-order chi connectivity index (χ1) is 16.9.